The molecule has 1 saturated heterocycles. The van der Waals surface area contributed by atoms with Gasteiger partial charge in [0.05, 0.1) is 0 Å². The summed E-state index contributed by atoms with van der Waals surface area (Å²) < 4.78 is 27.3. The second kappa shape index (κ2) is 7.94. The van der Waals surface area contributed by atoms with Crippen molar-refractivity contribution in [1.82, 2.24) is 9.62 Å². The van der Waals surface area contributed by atoms with Crippen molar-refractivity contribution in [3.05, 3.63) is 0 Å². The van der Waals surface area contributed by atoms with Gasteiger partial charge in [-0.05, 0) is 50.4 Å². The van der Waals surface area contributed by atoms with Crippen molar-refractivity contribution >= 4 is 15.9 Å². The Hall–Kier alpha value is -0.660. The van der Waals surface area contributed by atoms with Crippen molar-refractivity contribution in [3.8, 4) is 0 Å². The maximum Gasteiger partial charge on any atom is 0.239 e. The molecular formula is C16H31N3O3S. The lowest BCUT2D eigenvalue weighted by molar-refractivity contribution is -0.132. The third kappa shape index (κ3) is 5.43. The van der Waals surface area contributed by atoms with Crippen LogP contribution in [0.2, 0.25) is 0 Å². The predicted octanol–water partition coefficient (Wildman–Crippen LogP) is 1.07. The molecule has 0 bridgehead atoms. The van der Waals surface area contributed by atoms with Crippen molar-refractivity contribution in [3.63, 3.8) is 0 Å². The Kier molecular flexibility index (Phi) is 6.45. The molecule has 0 aromatic rings. The Morgan fingerprint density at radius 2 is 1.78 bits per heavy atom. The molecule has 1 aliphatic heterocycles. The fourth-order valence-electron chi connectivity index (χ4n) is 3.72. The molecule has 2 rings (SSSR count). The Bertz CT molecular complexity index is 501. The zero-order valence-corrected chi connectivity index (χ0v) is 15.1. The average molecular weight is 346 g/mol. The molecule has 0 radical (unpaired) electrons. The summed E-state index contributed by atoms with van der Waals surface area (Å²) in [7, 11) is -3.57. The molecule has 134 valence electrons. The fraction of sp³-hybridized carbons (Fsp3) is 0.938. The SMILES string of the molecule is CC1CCC(NS(=O)(=O)CC(=O)N2CCC(C)CC2CN)CC1. The van der Waals surface area contributed by atoms with Gasteiger partial charge in [-0.25, -0.2) is 13.1 Å². The molecule has 6 nitrogen and oxygen atoms in total. The average Bonchev–Trinajstić information content (AvgIpc) is 2.48. The normalized spacial score (nSPS) is 32.7. The van der Waals surface area contributed by atoms with E-state index in [2.05, 4.69) is 18.6 Å². The molecule has 0 spiro atoms. The number of amides is 1. The Balaban J connectivity index is 1.90. The van der Waals surface area contributed by atoms with Crippen molar-refractivity contribution in [2.24, 2.45) is 17.6 Å². The van der Waals surface area contributed by atoms with E-state index in [1.165, 1.54) is 0 Å². The van der Waals surface area contributed by atoms with E-state index >= 15 is 0 Å². The second-order valence-electron chi connectivity index (χ2n) is 7.44. The van der Waals surface area contributed by atoms with Crippen molar-refractivity contribution in [1.29, 1.82) is 0 Å². The largest absolute Gasteiger partial charge is 0.338 e. The summed E-state index contributed by atoms with van der Waals surface area (Å²) in [4.78, 5) is 14.1. The standard InChI is InChI=1S/C16H31N3O3S/c1-12-3-5-14(6-4-12)18-23(21,22)11-16(20)19-8-7-13(2)9-15(19)10-17/h12-15,18H,3-11,17H2,1-2H3. The first-order valence-corrected chi connectivity index (χ1v) is 10.5. The number of hydrogen-bond acceptors (Lipinski definition) is 4. The van der Waals surface area contributed by atoms with Gasteiger partial charge < -0.3 is 10.6 Å². The molecule has 2 aliphatic rings. The van der Waals surface area contributed by atoms with Gasteiger partial charge in [0.2, 0.25) is 15.9 Å². The van der Waals surface area contributed by atoms with Crippen LogP contribution in [0.4, 0.5) is 0 Å². The molecule has 1 heterocycles. The van der Waals surface area contributed by atoms with Crippen LogP contribution in [-0.2, 0) is 14.8 Å². The fourth-order valence-corrected chi connectivity index (χ4v) is 5.04. The van der Waals surface area contributed by atoms with E-state index < -0.39 is 15.8 Å². The number of carbonyl (C=O) groups excluding carboxylic acids is 1. The minimum absolute atomic E-state index is 0.0179. The summed E-state index contributed by atoms with van der Waals surface area (Å²) in [6.45, 7) is 5.34. The number of sulfonamides is 1. The quantitative estimate of drug-likeness (QED) is 0.779. The molecular weight excluding hydrogens is 314 g/mol. The predicted molar refractivity (Wildman–Crippen MR) is 91.3 cm³/mol. The molecule has 7 heteroatoms. The van der Waals surface area contributed by atoms with Crippen LogP contribution in [0.15, 0.2) is 0 Å². The lowest BCUT2D eigenvalue weighted by Gasteiger charge is -2.38. The van der Waals surface area contributed by atoms with Gasteiger partial charge in [0.1, 0.15) is 5.75 Å². The highest BCUT2D eigenvalue weighted by Crippen LogP contribution is 2.24. The van der Waals surface area contributed by atoms with Gasteiger partial charge in [-0.2, -0.15) is 0 Å². The highest BCUT2D eigenvalue weighted by atomic mass is 32.2. The van der Waals surface area contributed by atoms with Crippen LogP contribution in [0.25, 0.3) is 0 Å². The lowest BCUT2D eigenvalue weighted by Crippen LogP contribution is -2.52. The molecule has 23 heavy (non-hydrogen) atoms. The zero-order valence-electron chi connectivity index (χ0n) is 14.3. The Morgan fingerprint density at radius 3 is 2.39 bits per heavy atom. The molecule has 2 fully saturated rings. The topological polar surface area (TPSA) is 92.5 Å². The van der Waals surface area contributed by atoms with Crippen LogP contribution < -0.4 is 10.5 Å². The minimum Gasteiger partial charge on any atom is -0.338 e. The van der Waals surface area contributed by atoms with Gasteiger partial charge in [-0.3, -0.25) is 4.79 Å². The summed E-state index contributed by atoms with van der Waals surface area (Å²) in [5.41, 5.74) is 5.76. The number of likely N-dealkylation sites (tertiary alicyclic amines) is 1. The van der Waals surface area contributed by atoms with E-state index in [9.17, 15) is 13.2 Å². The van der Waals surface area contributed by atoms with Gasteiger partial charge in [0, 0.05) is 25.2 Å². The Morgan fingerprint density at radius 1 is 1.13 bits per heavy atom. The highest BCUT2D eigenvalue weighted by Gasteiger charge is 2.32. The van der Waals surface area contributed by atoms with Gasteiger partial charge >= 0.3 is 0 Å². The molecule has 1 saturated carbocycles. The van der Waals surface area contributed by atoms with Crippen molar-refractivity contribution < 1.29 is 13.2 Å². The first-order valence-electron chi connectivity index (χ1n) is 8.80. The number of nitrogens with one attached hydrogen (secondary N) is 1. The smallest absolute Gasteiger partial charge is 0.239 e. The molecule has 0 aromatic carbocycles. The summed E-state index contributed by atoms with van der Waals surface area (Å²) in [5, 5.41) is 0. The van der Waals surface area contributed by atoms with Gasteiger partial charge in [0.15, 0.2) is 0 Å². The van der Waals surface area contributed by atoms with Gasteiger partial charge in [-0.15, -0.1) is 0 Å². The summed E-state index contributed by atoms with van der Waals surface area (Å²) in [6, 6.07) is -0.0485. The Labute approximate surface area is 140 Å². The first-order chi connectivity index (χ1) is 10.8. The third-order valence-corrected chi connectivity index (χ3v) is 6.57. The molecule has 0 aromatic heterocycles. The zero-order chi connectivity index (χ0) is 17.0. The van der Waals surface area contributed by atoms with Gasteiger partial charge in [-0.1, -0.05) is 13.8 Å². The first kappa shape index (κ1) is 18.7. The maximum atomic E-state index is 12.4. The number of carbonyl (C=O) groups is 1. The van der Waals surface area contributed by atoms with Crippen LogP contribution in [-0.4, -0.2) is 50.2 Å². The van der Waals surface area contributed by atoms with Crippen LogP contribution in [0.3, 0.4) is 0 Å². The summed E-state index contributed by atoms with van der Waals surface area (Å²) in [6.07, 6.45) is 5.58. The second-order valence-corrected chi connectivity index (χ2v) is 9.19. The van der Waals surface area contributed by atoms with Crippen LogP contribution in [0.5, 0.6) is 0 Å². The van der Waals surface area contributed by atoms with E-state index in [1.807, 2.05) is 0 Å². The summed E-state index contributed by atoms with van der Waals surface area (Å²) in [5.74, 6) is 0.429. The molecule has 3 N–H and O–H groups in total. The summed E-state index contributed by atoms with van der Waals surface area (Å²) >= 11 is 0. The maximum absolute atomic E-state index is 12.4. The van der Waals surface area contributed by atoms with E-state index in [4.69, 9.17) is 5.73 Å². The molecule has 2 atom stereocenters. The van der Waals surface area contributed by atoms with E-state index in [-0.39, 0.29) is 18.0 Å². The number of rotatable bonds is 5. The number of piperidine rings is 1. The van der Waals surface area contributed by atoms with E-state index in [0.29, 0.717) is 24.9 Å². The van der Waals surface area contributed by atoms with E-state index in [1.54, 1.807) is 4.90 Å². The monoisotopic (exact) mass is 345 g/mol. The number of hydrogen-bond donors (Lipinski definition) is 2. The van der Waals surface area contributed by atoms with Gasteiger partial charge in [0.25, 0.3) is 0 Å². The molecule has 1 aliphatic carbocycles. The van der Waals surface area contributed by atoms with Crippen molar-refractivity contribution in [2.75, 3.05) is 18.8 Å². The lowest BCUT2D eigenvalue weighted by atomic mass is 9.88. The number of nitrogens with two attached hydrogens (primary N) is 1. The minimum atomic E-state index is -3.57. The van der Waals surface area contributed by atoms with E-state index in [0.717, 1.165) is 38.5 Å². The van der Waals surface area contributed by atoms with Crippen LogP contribution in [0, 0.1) is 11.8 Å². The molecule has 1 amide bonds. The molecule has 2 unspecified atom stereocenters. The van der Waals surface area contributed by atoms with Crippen molar-refractivity contribution in [2.45, 2.75) is 64.5 Å². The van der Waals surface area contributed by atoms with Crippen LogP contribution >= 0.6 is 0 Å². The third-order valence-electron chi connectivity index (χ3n) is 5.25. The highest BCUT2D eigenvalue weighted by molar-refractivity contribution is 7.90. The number of nitrogens with zero attached hydrogens (tertiary/aromatic N) is 1. The van der Waals surface area contributed by atoms with Crippen LogP contribution in [0.1, 0.15) is 52.4 Å².